The molecule has 3 rings (SSSR count). The standard InChI is InChI=1S/C19H16Cl2FN5O3/c1-9(16-11(20)3-4-12(22)17(16)21)30-14-8-13(26-27-18(14)23)19(28)25-10-5-6-24-15(7-10)29-2/h3-9H,1-2H3,(H2,23,27)(H,24,25,28). The normalized spacial score (nSPS) is 11.6. The van der Waals surface area contributed by atoms with Gasteiger partial charge < -0.3 is 20.5 Å². The Bertz CT molecular complexity index is 1100. The summed E-state index contributed by atoms with van der Waals surface area (Å²) in [5.41, 5.74) is 6.44. The number of pyridine rings is 1. The first-order valence-electron chi connectivity index (χ1n) is 8.54. The van der Waals surface area contributed by atoms with Crippen molar-refractivity contribution in [1.29, 1.82) is 0 Å². The number of hydrogen-bond donors (Lipinski definition) is 2. The summed E-state index contributed by atoms with van der Waals surface area (Å²) < 4.78 is 24.6. The van der Waals surface area contributed by atoms with E-state index in [0.717, 1.165) is 6.07 Å². The van der Waals surface area contributed by atoms with Gasteiger partial charge >= 0.3 is 0 Å². The molecule has 0 saturated carbocycles. The Kier molecular flexibility index (Phi) is 6.53. The van der Waals surface area contributed by atoms with Crippen LogP contribution in [-0.2, 0) is 0 Å². The molecule has 2 heterocycles. The molecule has 11 heteroatoms. The van der Waals surface area contributed by atoms with E-state index in [4.69, 9.17) is 38.4 Å². The quantitative estimate of drug-likeness (QED) is 0.537. The van der Waals surface area contributed by atoms with E-state index in [0.29, 0.717) is 11.6 Å². The van der Waals surface area contributed by atoms with E-state index >= 15 is 0 Å². The number of carbonyl (C=O) groups is 1. The minimum atomic E-state index is -0.785. The van der Waals surface area contributed by atoms with Gasteiger partial charge in [0, 0.05) is 34.6 Å². The molecular formula is C19H16Cl2FN5O3. The number of benzene rings is 1. The SMILES string of the molecule is COc1cc(NC(=O)c2cc(OC(C)c3c(Cl)ccc(F)c3Cl)c(N)nn2)ccn1. The van der Waals surface area contributed by atoms with Crippen molar-refractivity contribution >= 4 is 40.6 Å². The number of nitrogens with zero attached hydrogens (tertiary/aromatic N) is 3. The summed E-state index contributed by atoms with van der Waals surface area (Å²) >= 11 is 12.1. The molecule has 3 N–H and O–H groups in total. The summed E-state index contributed by atoms with van der Waals surface area (Å²) in [5, 5.41) is 10.2. The maximum Gasteiger partial charge on any atom is 0.276 e. The molecule has 1 atom stereocenters. The highest BCUT2D eigenvalue weighted by atomic mass is 35.5. The zero-order valence-electron chi connectivity index (χ0n) is 15.8. The van der Waals surface area contributed by atoms with Crippen LogP contribution in [0.2, 0.25) is 10.0 Å². The average Bonchev–Trinajstić information content (AvgIpc) is 2.72. The fraction of sp³-hybridized carbons (Fsp3) is 0.158. The van der Waals surface area contributed by atoms with Gasteiger partial charge in [-0.1, -0.05) is 23.2 Å². The van der Waals surface area contributed by atoms with Crippen LogP contribution in [0.25, 0.3) is 0 Å². The van der Waals surface area contributed by atoms with E-state index in [1.54, 1.807) is 13.0 Å². The molecule has 1 amide bonds. The Morgan fingerprint density at radius 1 is 1.23 bits per heavy atom. The molecule has 30 heavy (non-hydrogen) atoms. The molecule has 156 valence electrons. The number of nitrogen functional groups attached to an aromatic ring is 1. The van der Waals surface area contributed by atoms with Crippen molar-refractivity contribution in [2.75, 3.05) is 18.2 Å². The lowest BCUT2D eigenvalue weighted by atomic mass is 10.1. The molecule has 0 aliphatic heterocycles. The summed E-state index contributed by atoms with van der Waals surface area (Å²) in [6.45, 7) is 1.61. The number of anilines is 2. The lowest BCUT2D eigenvalue weighted by Crippen LogP contribution is -2.16. The average molecular weight is 452 g/mol. The number of hydrogen-bond acceptors (Lipinski definition) is 7. The van der Waals surface area contributed by atoms with Crippen LogP contribution in [0.3, 0.4) is 0 Å². The number of nitrogens with one attached hydrogen (secondary N) is 1. The number of carbonyl (C=O) groups excluding carboxylic acids is 1. The van der Waals surface area contributed by atoms with Gasteiger partial charge in [0.2, 0.25) is 5.88 Å². The summed E-state index contributed by atoms with van der Waals surface area (Å²) in [7, 11) is 1.46. The van der Waals surface area contributed by atoms with Gasteiger partial charge in [0.1, 0.15) is 11.9 Å². The second-order valence-electron chi connectivity index (χ2n) is 6.04. The first-order chi connectivity index (χ1) is 14.3. The van der Waals surface area contributed by atoms with Crippen molar-refractivity contribution in [3.05, 3.63) is 63.6 Å². The molecule has 0 aliphatic rings. The minimum Gasteiger partial charge on any atom is -0.482 e. The van der Waals surface area contributed by atoms with Gasteiger partial charge in [0.15, 0.2) is 17.3 Å². The van der Waals surface area contributed by atoms with E-state index in [1.165, 1.54) is 31.5 Å². The molecule has 1 unspecified atom stereocenters. The molecule has 0 radical (unpaired) electrons. The summed E-state index contributed by atoms with van der Waals surface area (Å²) in [6, 6.07) is 6.95. The summed E-state index contributed by atoms with van der Waals surface area (Å²) in [6.07, 6.45) is 0.693. The highest BCUT2D eigenvalue weighted by Gasteiger charge is 2.21. The third-order valence-corrected chi connectivity index (χ3v) is 4.72. The number of nitrogens with two attached hydrogens (primary N) is 1. The smallest absolute Gasteiger partial charge is 0.276 e. The Balaban J connectivity index is 1.83. The van der Waals surface area contributed by atoms with E-state index in [-0.39, 0.29) is 32.9 Å². The van der Waals surface area contributed by atoms with Crippen LogP contribution in [0.4, 0.5) is 15.9 Å². The van der Waals surface area contributed by atoms with E-state index in [1.807, 2.05) is 0 Å². The molecule has 2 aromatic heterocycles. The van der Waals surface area contributed by atoms with Gasteiger partial charge in [0.25, 0.3) is 5.91 Å². The van der Waals surface area contributed by atoms with Crippen molar-refractivity contribution in [3.63, 3.8) is 0 Å². The van der Waals surface area contributed by atoms with Crippen LogP contribution < -0.4 is 20.5 Å². The number of halogens is 3. The van der Waals surface area contributed by atoms with Gasteiger partial charge in [-0.25, -0.2) is 9.37 Å². The zero-order chi connectivity index (χ0) is 21.8. The Labute approximate surface area is 181 Å². The molecule has 0 aliphatic carbocycles. The Morgan fingerprint density at radius 3 is 2.73 bits per heavy atom. The van der Waals surface area contributed by atoms with Gasteiger partial charge in [-0.15, -0.1) is 10.2 Å². The maximum atomic E-state index is 13.8. The first kappa shape index (κ1) is 21.5. The second kappa shape index (κ2) is 9.10. The predicted molar refractivity (Wildman–Crippen MR) is 111 cm³/mol. The van der Waals surface area contributed by atoms with Crippen LogP contribution in [0, 0.1) is 5.82 Å². The van der Waals surface area contributed by atoms with Crippen molar-refractivity contribution in [2.24, 2.45) is 0 Å². The van der Waals surface area contributed by atoms with Crippen molar-refractivity contribution < 1.29 is 18.7 Å². The number of rotatable bonds is 6. The van der Waals surface area contributed by atoms with Gasteiger partial charge in [-0.05, 0) is 25.1 Å². The van der Waals surface area contributed by atoms with Crippen LogP contribution in [0.5, 0.6) is 11.6 Å². The monoisotopic (exact) mass is 451 g/mol. The molecule has 0 saturated heterocycles. The fourth-order valence-corrected chi connectivity index (χ4v) is 3.23. The van der Waals surface area contributed by atoms with Crippen LogP contribution in [0.15, 0.2) is 36.5 Å². The lowest BCUT2D eigenvalue weighted by molar-refractivity contribution is 0.102. The van der Waals surface area contributed by atoms with E-state index in [9.17, 15) is 9.18 Å². The lowest BCUT2D eigenvalue weighted by Gasteiger charge is -2.19. The number of amides is 1. The zero-order valence-corrected chi connectivity index (χ0v) is 17.3. The van der Waals surface area contributed by atoms with E-state index < -0.39 is 17.8 Å². The number of aromatic nitrogens is 3. The topological polar surface area (TPSA) is 112 Å². The third kappa shape index (κ3) is 4.69. The van der Waals surface area contributed by atoms with Crippen LogP contribution in [-0.4, -0.2) is 28.2 Å². The van der Waals surface area contributed by atoms with E-state index in [2.05, 4.69) is 20.5 Å². The van der Waals surface area contributed by atoms with Gasteiger partial charge in [-0.2, -0.15) is 0 Å². The summed E-state index contributed by atoms with van der Waals surface area (Å²) in [4.78, 5) is 16.5. The van der Waals surface area contributed by atoms with Crippen molar-refractivity contribution in [2.45, 2.75) is 13.0 Å². The van der Waals surface area contributed by atoms with Gasteiger partial charge in [-0.3, -0.25) is 4.79 Å². The predicted octanol–water partition coefficient (Wildman–Crippen LogP) is 4.30. The summed E-state index contributed by atoms with van der Waals surface area (Å²) in [5.74, 6) is -0.868. The molecular weight excluding hydrogens is 436 g/mol. The molecule has 0 bridgehead atoms. The minimum absolute atomic E-state index is 0.0568. The maximum absolute atomic E-state index is 13.8. The third-order valence-electron chi connectivity index (χ3n) is 4.01. The Morgan fingerprint density at radius 2 is 2.00 bits per heavy atom. The van der Waals surface area contributed by atoms with Crippen LogP contribution in [0.1, 0.15) is 29.1 Å². The largest absolute Gasteiger partial charge is 0.482 e. The molecule has 0 spiro atoms. The van der Waals surface area contributed by atoms with Crippen molar-refractivity contribution in [1.82, 2.24) is 15.2 Å². The highest BCUT2D eigenvalue weighted by molar-refractivity contribution is 6.36. The number of methoxy groups -OCH3 is 1. The molecule has 8 nitrogen and oxygen atoms in total. The van der Waals surface area contributed by atoms with Gasteiger partial charge in [0.05, 0.1) is 12.1 Å². The van der Waals surface area contributed by atoms with Crippen molar-refractivity contribution in [3.8, 4) is 11.6 Å². The fourth-order valence-electron chi connectivity index (χ4n) is 2.55. The second-order valence-corrected chi connectivity index (χ2v) is 6.82. The molecule has 0 fully saturated rings. The van der Waals surface area contributed by atoms with Crippen LogP contribution >= 0.6 is 23.2 Å². The first-order valence-corrected chi connectivity index (χ1v) is 9.30. The highest BCUT2D eigenvalue weighted by Crippen LogP contribution is 2.35. The number of ether oxygens (including phenoxy) is 2. The Hall–Kier alpha value is -3.17. The molecule has 1 aromatic carbocycles. The molecule has 3 aromatic rings.